The highest BCUT2D eigenvalue weighted by molar-refractivity contribution is 5.66. The number of carbonyl (C=O) groups excluding carboxylic acids is 1. The van der Waals surface area contributed by atoms with E-state index in [1.807, 2.05) is 0 Å². The Bertz CT molecular complexity index is 458. The standard InChI is InChI=1S/C32H61NO3/c34-31-33-30-28-26-24-22-20-18-16-14-12-10-8-6-4-2-1-3-5-7-9-11-13-15-17-19-21-23-25-27-29-32(35)36/h1-30H2,(H,35,36). The van der Waals surface area contributed by atoms with Gasteiger partial charge in [0.2, 0.25) is 6.08 Å². The molecule has 4 nitrogen and oxygen atoms in total. The monoisotopic (exact) mass is 507 g/mol. The fourth-order valence-corrected chi connectivity index (χ4v) is 5.11. The smallest absolute Gasteiger partial charge is 0.303 e. The largest absolute Gasteiger partial charge is 0.481 e. The van der Waals surface area contributed by atoms with Crippen molar-refractivity contribution >= 4 is 12.0 Å². The fraction of sp³-hybridized carbons (Fsp3) is 0.938. The molecule has 0 amide bonds. The molecule has 0 aromatic rings. The molecule has 0 spiro atoms. The van der Waals surface area contributed by atoms with Crippen LogP contribution in [0.15, 0.2) is 4.99 Å². The van der Waals surface area contributed by atoms with Crippen LogP contribution >= 0.6 is 0 Å². The first kappa shape index (κ1) is 34.9. The molecule has 0 atom stereocenters. The van der Waals surface area contributed by atoms with Gasteiger partial charge in [-0.25, -0.2) is 9.79 Å². The lowest BCUT2D eigenvalue weighted by Gasteiger charge is -2.04. The third-order valence-corrected chi connectivity index (χ3v) is 7.48. The van der Waals surface area contributed by atoms with Crippen molar-refractivity contribution in [3.63, 3.8) is 0 Å². The highest BCUT2D eigenvalue weighted by Gasteiger charge is 1.98. The van der Waals surface area contributed by atoms with Crippen LogP contribution < -0.4 is 0 Å². The van der Waals surface area contributed by atoms with Crippen LogP contribution in [0.2, 0.25) is 0 Å². The minimum atomic E-state index is -0.654. The van der Waals surface area contributed by atoms with E-state index in [-0.39, 0.29) is 0 Å². The van der Waals surface area contributed by atoms with Crippen molar-refractivity contribution in [2.24, 2.45) is 4.99 Å². The summed E-state index contributed by atoms with van der Waals surface area (Å²) in [6.07, 6.45) is 39.5. The van der Waals surface area contributed by atoms with Crippen molar-refractivity contribution in [3.05, 3.63) is 0 Å². The second kappa shape index (κ2) is 31.9. The zero-order chi connectivity index (χ0) is 26.2. The molecule has 0 fully saturated rings. The number of carboxylic acid groups (broad SMARTS) is 1. The zero-order valence-electron chi connectivity index (χ0n) is 23.9. The number of carbonyl (C=O) groups is 1. The summed E-state index contributed by atoms with van der Waals surface area (Å²) in [6.45, 7) is 0.660. The van der Waals surface area contributed by atoms with Crippen LogP contribution in [0.5, 0.6) is 0 Å². The van der Waals surface area contributed by atoms with Crippen molar-refractivity contribution in [3.8, 4) is 0 Å². The van der Waals surface area contributed by atoms with Gasteiger partial charge in [-0.05, 0) is 12.8 Å². The molecule has 1 N–H and O–H groups in total. The number of hydrogen-bond donors (Lipinski definition) is 1. The van der Waals surface area contributed by atoms with Crippen LogP contribution in [0.3, 0.4) is 0 Å². The van der Waals surface area contributed by atoms with E-state index in [9.17, 15) is 9.59 Å². The summed E-state index contributed by atoms with van der Waals surface area (Å²) in [7, 11) is 0. The van der Waals surface area contributed by atoms with Crippen molar-refractivity contribution in [2.75, 3.05) is 6.54 Å². The first-order valence-corrected chi connectivity index (χ1v) is 16.0. The molecule has 0 saturated heterocycles. The number of aliphatic imine (C=N–C) groups is 1. The Labute approximate surface area is 224 Å². The van der Waals surface area contributed by atoms with E-state index in [0.717, 1.165) is 19.3 Å². The van der Waals surface area contributed by atoms with E-state index >= 15 is 0 Å². The second-order valence-electron chi connectivity index (χ2n) is 11.0. The molecule has 4 heteroatoms. The van der Waals surface area contributed by atoms with Gasteiger partial charge in [-0.3, -0.25) is 4.79 Å². The van der Waals surface area contributed by atoms with Gasteiger partial charge in [0, 0.05) is 6.42 Å². The number of unbranched alkanes of at least 4 members (excludes halogenated alkanes) is 27. The molecule has 0 aromatic heterocycles. The number of isocyanates is 1. The minimum Gasteiger partial charge on any atom is -0.481 e. The van der Waals surface area contributed by atoms with E-state index in [2.05, 4.69) is 4.99 Å². The van der Waals surface area contributed by atoms with Gasteiger partial charge in [0.1, 0.15) is 0 Å². The van der Waals surface area contributed by atoms with E-state index in [0.29, 0.717) is 13.0 Å². The predicted octanol–water partition coefficient (Wildman–Crippen LogP) is 10.7. The number of hydrogen-bond acceptors (Lipinski definition) is 3. The molecule has 0 aliphatic rings. The van der Waals surface area contributed by atoms with E-state index in [1.165, 1.54) is 161 Å². The molecule has 0 unspecified atom stereocenters. The minimum absolute atomic E-state index is 0.340. The Morgan fingerprint density at radius 2 is 0.639 bits per heavy atom. The summed E-state index contributed by atoms with van der Waals surface area (Å²) in [6, 6.07) is 0. The lowest BCUT2D eigenvalue weighted by atomic mass is 10.0. The van der Waals surface area contributed by atoms with Gasteiger partial charge in [-0.15, -0.1) is 0 Å². The topological polar surface area (TPSA) is 66.7 Å². The molecule has 0 rings (SSSR count). The number of rotatable bonds is 31. The summed E-state index contributed by atoms with van der Waals surface area (Å²) in [5, 5.41) is 8.62. The summed E-state index contributed by atoms with van der Waals surface area (Å²) in [5.74, 6) is -0.654. The van der Waals surface area contributed by atoms with Crippen LogP contribution in [0.25, 0.3) is 0 Å². The third-order valence-electron chi connectivity index (χ3n) is 7.48. The van der Waals surface area contributed by atoms with Crippen molar-refractivity contribution in [2.45, 2.75) is 186 Å². The Balaban J connectivity index is 3.03. The first-order chi connectivity index (χ1) is 17.8. The highest BCUT2D eigenvalue weighted by Crippen LogP contribution is 2.16. The lowest BCUT2D eigenvalue weighted by Crippen LogP contribution is -1.93. The third kappa shape index (κ3) is 32.8. The average Bonchev–Trinajstić information content (AvgIpc) is 2.87. The van der Waals surface area contributed by atoms with Gasteiger partial charge in [-0.2, -0.15) is 0 Å². The van der Waals surface area contributed by atoms with Crippen molar-refractivity contribution < 1.29 is 14.7 Å². The highest BCUT2D eigenvalue weighted by atomic mass is 16.4. The molecule has 0 aliphatic carbocycles. The van der Waals surface area contributed by atoms with Crippen molar-refractivity contribution in [1.82, 2.24) is 0 Å². The molecule has 0 bridgehead atoms. The summed E-state index contributed by atoms with van der Waals surface area (Å²) in [4.78, 5) is 24.0. The normalized spacial score (nSPS) is 11.0. The Morgan fingerprint density at radius 1 is 0.417 bits per heavy atom. The van der Waals surface area contributed by atoms with Crippen molar-refractivity contribution in [1.29, 1.82) is 0 Å². The van der Waals surface area contributed by atoms with Gasteiger partial charge in [0.25, 0.3) is 0 Å². The molecule has 0 saturated carbocycles. The molecule has 0 radical (unpaired) electrons. The Kier molecular flexibility index (Phi) is 30.9. The SMILES string of the molecule is O=C=NCCCCCCCCCCCCCCCCCCCCCCCCCCCCCCC(=O)O. The number of carboxylic acids is 1. The second-order valence-corrected chi connectivity index (χ2v) is 11.0. The molecule has 0 aromatic carbocycles. The quantitative estimate of drug-likeness (QED) is 0.0576. The average molecular weight is 508 g/mol. The van der Waals surface area contributed by atoms with E-state index in [4.69, 9.17) is 5.11 Å². The summed E-state index contributed by atoms with van der Waals surface area (Å²) >= 11 is 0. The molecular formula is C32H61NO3. The molecule has 36 heavy (non-hydrogen) atoms. The first-order valence-electron chi connectivity index (χ1n) is 16.0. The van der Waals surface area contributed by atoms with Crippen LogP contribution in [-0.2, 0) is 9.59 Å². The van der Waals surface area contributed by atoms with Gasteiger partial charge in [0.05, 0.1) is 6.54 Å². The van der Waals surface area contributed by atoms with Gasteiger partial charge in [0.15, 0.2) is 0 Å². The van der Waals surface area contributed by atoms with Crippen LogP contribution in [-0.4, -0.2) is 23.7 Å². The van der Waals surface area contributed by atoms with Gasteiger partial charge in [-0.1, -0.05) is 167 Å². The molecule has 0 heterocycles. The van der Waals surface area contributed by atoms with Crippen LogP contribution in [0, 0.1) is 0 Å². The fourth-order valence-electron chi connectivity index (χ4n) is 5.11. The maximum atomic E-state index is 10.5. The Hall–Kier alpha value is -1.15. The maximum Gasteiger partial charge on any atom is 0.303 e. The van der Waals surface area contributed by atoms with Gasteiger partial charge < -0.3 is 5.11 Å². The Morgan fingerprint density at radius 3 is 0.861 bits per heavy atom. The molecule has 0 aliphatic heterocycles. The number of aliphatic carboxylic acids is 1. The summed E-state index contributed by atoms with van der Waals surface area (Å²) < 4.78 is 0. The lowest BCUT2D eigenvalue weighted by molar-refractivity contribution is -0.137. The predicted molar refractivity (Wildman–Crippen MR) is 155 cm³/mol. The van der Waals surface area contributed by atoms with E-state index in [1.54, 1.807) is 6.08 Å². The summed E-state index contributed by atoms with van der Waals surface area (Å²) in [5.41, 5.74) is 0. The van der Waals surface area contributed by atoms with Crippen LogP contribution in [0.1, 0.15) is 186 Å². The maximum absolute atomic E-state index is 10.5. The van der Waals surface area contributed by atoms with E-state index < -0.39 is 5.97 Å². The van der Waals surface area contributed by atoms with Crippen LogP contribution in [0.4, 0.5) is 0 Å². The molecule has 212 valence electrons. The molecular weight excluding hydrogens is 446 g/mol. The van der Waals surface area contributed by atoms with Gasteiger partial charge >= 0.3 is 5.97 Å². The number of nitrogens with zero attached hydrogens (tertiary/aromatic N) is 1. The zero-order valence-corrected chi connectivity index (χ0v) is 23.9.